The number of furan rings is 1. The SMILES string of the molecule is CC1CCN(C(=O)CSc2nc(N)c(NC(=O)c3ccc(Br)o3)c(=O)[nH]2)CC1. The molecule has 0 radical (unpaired) electrons. The zero-order chi connectivity index (χ0) is 20.3. The van der Waals surface area contributed by atoms with Crippen molar-refractivity contribution in [1.29, 1.82) is 0 Å². The third-order valence-electron chi connectivity index (χ3n) is 4.43. The van der Waals surface area contributed by atoms with Gasteiger partial charge in [0.15, 0.2) is 27.1 Å². The number of amides is 2. The van der Waals surface area contributed by atoms with Gasteiger partial charge in [0.2, 0.25) is 5.91 Å². The lowest BCUT2D eigenvalue weighted by atomic mass is 9.99. The van der Waals surface area contributed by atoms with E-state index < -0.39 is 11.5 Å². The van der Waals surface area contributed by atoms with Gasteiger partial charge in [-0.2, -0.15) is 0 Å². The van der Waals surface area contributed by atoms with E-state index in [1.807, 2.05) is 4.90 Å². The van der Waals surface area contributed by atoms with Crippen molar-refractivity contribution < 1.29 is 14.0 Å². The van der Waals surface area contributed by atoms with Gasteiger partial charge in [-0.05, 0) is 46.8 Å². The molecule has 1 fully saturated rings. The molecular weight excluding hydrogens is 450 g/mol. The first-order valence-corrected chi connectivity index (χ1v) is 10.5. The first-order valence-electron chi connectivity index (χ1n) is 8.70. The topological polar surface area (TPSA) is 134 Å². The molecular formula is C17H20BrN5O4S. The second-order valence-corrected chi connectivity index (χ2v) is 8.29. The van der Waals surface area contributed by atoms with Crippen LogP contribution in [0.15, 0.2) is 31.2 Å². The second-order valence-electron chi connectivity index (χ2n) is 6.54. The van der Waals surface area contributed by atoms with Crippen LogP contribution in [0.5, 0.6) is 0 Å². The number of carbonyl (C=O) groups excluding carboxylic acids is 2. The monoisotopic (exact) mass is 469 g/mol. The summed E-state index contributed by atoms with van der Waals surface area (Å²) in [6, 6.07) is 3.01. The van der Waals surface area contributed by atoms with Crippen molar-refractivity contribution in [3.8, 4) is 0 Å². The van der Waals surface area contributed by atoms with Gasteiger partial charge in [-0.1, -0.05) is 18.7 Å². The Balaban J connectivity index is 1.62. The van der Waals surface area contributed by atoms with Crippen molar-refractivity contribution in [1.82, 2.24) is 14.9 Å². The highest BCUT2D eigenvalue weighted by Crippen LogP contribution is 2.21. The first kappa shape index (κ1) is 20.5. The van der Waals surface area contributed by atoms with E-state index in [0.29, 0.717) is 10.6 Å². The van der Waals surface area contributed by atoms with Gasteiger partial charge in [0.25, 0.3) is 11.5 Å². The maximum Gasteiger partial charge on any atom is 0.291 e. The molecule has 1 saturated heterocycles. The molecule has 9 nitrogen and oxygen atoms in total. The number of H-pyrrole nitrogens is 1. The minimum absolute atomic E-state index is 0.00102. The molecule has 0 spiro atoms. The third kappa shape index (κ3) is 4.96. The lowest BCUT2D eigenvalue weighted by molar-refractivity contribution is -0.129. The number of nitrogens with zero attached hydrogens (tertiary/aromatic N) is 2. The van der Waals surface area contributed by atoms with Crippen molar-refractivity contribution in [2.24, 2.45) is 5.92 Å². The van der Waals surface area contributed by atoms with E-state index in [2.05, 4.69) is 38.1 Å². The molecule has 0 bridgehead atoms. The van der Waals surface area contributed by atoms with Crippen molar-refractivity contribution in [3.05, 3.63) is 32.9 Å². The second kappa shape index (κ2) is 8.82. The number of hydrogen-bond donors (Lipinski definition) is 3. The highest BCUT2D eigenvalue weighted by Gasteiger charge is 2.21. The number of thioether (sulfide) groups is 1. The maximum absolute atomic E-state index is 12.3. The maximum atomic E-state index is 12.3. The number of anilines is 2. The lowest BCUT2D eigenvalue weighted by Crippen LogP contribution is -2.39. The number of nitrogen functional groups attached to an aromatic ring is 1. The van der Waals surface area contributed by atoms with Crippen molar-refractivity contribution in [2.45, 2.75) is 24.9 Å². The number of nitrogens with one attached hydrogen (secondary N) is 2. The van der Waals surface area contributed by atoms with E-state index in [-0.39, 0.29) is 34.1 Å². The molecule has 11 heteroatoms. The van der Waals surface area contributed by atoms with Crippen LogP contribution in [-0.2, 0) is 4.79 Å². The van der Waals surface area contributed by atoms with Crippen molar-refractivity contribution in [2.75, 3.05) is 29.9 Å². The highest BCUT2D eigenvalue weighted by atomic mass is 79.9. The quantitative estimate of drug-likeness (QED) is 0.451. The fourth-order valence-corrected chi connectivity index (χ4v) is 3.83. The Morgan fingerprint density at radius 2 is 2.14 bits per heavy atom. The average Bonchev–Trinajstić information content (AvgIpc) is 3.09. The van der Waals surface area contributed by atoms with Crippen LogP contribution in [-0.4, -0.2) is 45.5 Å². The fourth-order valence-electron chi connectivity index (χ4n) is 2.75. The summed E-state index contributed by atoms with van der Waals surface area (Å²) in [6.45, 7) is 3.68. The predicted molar refractivity (Wildman–Crippen MR) is 109 cm³/mol. The van der Waals surface area contributed by atoms with E-state index in [0.717, 1.165) is 37.7 Å². The minimum Gasteiger partial charge on any atom is -0.444 e. The molecule has 2 aromatic heterocycles. The Hall–Kier alpha value is -2.27. The molecule has 3 heterocycles. The molecule has 3 rings (SSSR count). The van der Waals surface area contributed by atoms with E-state index in [1.165, 1.54) is 6.07 Å². The summed E-state index contributed by atoms with van der Waals surface area (Å²) >= 11 is 4.20. The smallest absolute Gasteiger partial charge is 0.291 e. The van der Waals surface area contributed by atoms with Gasteiger partial charge in [0, 0.05) is 13.1 Å². The van der Waals surface area contributed by atoms with Crippen LogP contribution >= 0.6 is 27.7 Å². The minimum atomic E-state index is -0.625. The van der Waals surface area contributed by atoms with Gasteiger partial charge in [-0.15, -0.1) is 0 Å². The van der Waals surface area contributed by atoms with Crippen LogP contribution in [0.1, 0.15) is 30.3 Å². The molecule has 0 saturated carbocycles. The number of halogens is 1. The van der Waals surface area contributed by atoms with Crippen LogP contribution in [0, 0.1) is 5.92 Å². The van der Waals surface area contributed by atoms with Gasteiger partial charge < -0.3 is 20.4 Å². The fraction of sp³-hybridized carbons (Fsp3) is 0.412. The average molecular weight is 470 g/mol. The third-order valence-corrected chi connectivity index (χ3v) is 5.71. The van der Waals surface area contributed by atoms with Gasteiger partial charge in [-0.3, -0.25) is 19.4 Å². The molecule has 0 unspecified atom stereocenters. The van der Waals surface area contributed by atoms with Gasteiger partial charge in [0.1, 0.15) is 0 Å². The molecule has 2 aromatic rings. The van der Waals surface area contributed by atoms with Crippen LogP contribution < -0.4 is 16.6 Å². The number of likely N-dealkylation sites (tertiary alicyclic amines) is 1. The summed E-state index contributed by atoms with van der Waals surface area (Å²) in [4.78, 5) is 45.1. The van der Waals surface area contributed by atoms with Crippen LogP contribution in [0.25, 0.3) is 0 Å². The zero-order valence-electron chi connectivity index (χ0n) is 15.2. The van der Waals surface area contributed by atoms with Gasteiger partial charge in [-0.25, -0.2) is 4.98 Å². The summed E-state index contributed by atoms with van der Waals surface area (Å²) in [5.41, 5.74) is 5.05. The Kier molecular flexibility index (Phi) is 6.45. The van der Waals surface area contributed by atoms with Crippen molar-refractivity contribution in [3.63, 3.8) is 0 Å². The number of aromatic amines is 1. The molecule has 4 N–H and O–H groups in total. The predicted octanol–water partition coefficient (Wildman–Crippen LogP) is 2.31. The van der Waals surface area contributed by atoms with E-state index in [9.17, 15) is 14.4 Å². The Bertz CT molecular complexity index is 936. The van der Waals surface area contributed by atoms with Crippen LogP contribution in [0.4, 0.5) is 11.5 Å². The zero-order valence-corrected chi connectivity index (χ0v) is 17.6. The molecule has 2 amide bonds. The number of hydrogen-bond acceptors (Lipinski definition) is 7. The molecule has 0 atom stereocenters. The van der Waals surface area contributed by atoms with E-state index in [4.69, 9.17) is 10.2 Å². The lowest BCUT2D eigenvalue weighted by Gasteiger charge is -2.30. The van der Waals surface area contributed by atoms with Crippen molar-refractivity contribution >= 4 is 51.0 Å². The van der Waals surface area contributed by atoms with Gasteiger partial charge >= 0.3 is 0 Å². The number of aromatic nitrogens is 2. The molecule has 1 aliphatic heterocycles. The molecule has 28 heavy (non-hydrogen) atoms. The standard InChI is InChI=1S/C17H20BrN5O4S/c1-9-4-6-23(7-5-9)12(24)8-28-17-21-14(19)13(16(26)22-17)20-15(25)10-2-3-11(18)27-10/h2-3,9H,4-8H2,1H3,(H,20,25)(H3,19,21,22,26). The Morgan fingerprint density at radius 3 is 2.75 bits per heavy atom. The number of carbonyl (C=O) groups is 2. The summed E-state index contributed by atoms with van der Waals surface area (Å²) < 4.78 is 5.52. The molecule has 1 aliphatic rings. The summed E-state index contributed by atoms with van der Waals surface area (Å²) in [5, 5.41) is 2.61. The van der Waals surface area contributed by atoms with Crippen LogP contribution in [0.3, 0.4) is 0 Å². The largest absolute Gasteiger partial charge is 0.444 e. The Labute approximate surface area is 173 Å². The molecule has 0 aromatic carbocycles. The van der Waals surface area contributed by atoms with E-state index >= 15 is 0 Å². The van der Waals surface area contributed by atoms with Gasteiger partial charge in [0.05, 0.1) is 5.75 Å². The number of rotatable bonds is 5. The summed E-state index contributed by atoms with van der Waals surface area (Å²) in [7, 11) is 0. The number of nitrogens with two attached hydrogens (primary N) is 1. The summed E-state index contributed by atoms with van der Waals surface area (Å²) in [5.74, 6) is 0.0520. The summed E-state index contributed by atoms with van der Waals surface area (Å²) in [6.07, 6.45) is 2.00. The molecule has 150 valence electrons. The molecule has 0 aliphatic carbocycles. The first-order chi connectivity index (χ1) is 13.3. The Morgan fingerprint density at radius 1 is 1.43 bits per heavy atom. The normalized spacial score (nSPS) is 14.9. The number of piperidine rings is 1. The van der Waals surface area contributed by atoms with E-state index in [1.54, 1.807) is 6.07 Å². The highest BCUT2D eigenvalue weighted by molar-refractivity contribution is 9.10. The van der Waals surface area contributed by atoms with Crippen LogP contribution in [0.2, 0.25) is 0 Å².